The monoisotopic (exact) mass is 335 g/mol. The first-order valence-corrected chi connectivity index (χ1v) is 7.63. The van der Waals surface area contributed by atoms with Crippen molar-refractivity contribution in [2.75, 3.05) is 0 Å². The van der Waals surface area contributed by atoms with Gasteiger partial charge in [-0.2, -0.15) is 0 Å². The maximum Gasteiger partial charge on any atom is 0.146 e. The number of benzene rings is 1. The number of para-hydroxylation sites is 1. The van der Waals surface area contributed by atoms with E-state index in [-0.39, 0.29) is 0 Å². The Morgan fingerprint density at radius 2 is 2.30 bits per heavy atom. The second-order valence-corrected chi connectivity index (χ2v) is 5.98. The van der Waals surface area contributed by atoms with Crippen molar-refractivity contribution < 1.29 is 4.74 Å². The first kappa shape index (κ1) is 13.6. The van der Waals surface area contributed by atoms with Crippen LogP contribution in [0.3, 0.4) is 0 Å². The quantitative estimate of drug-likeness (QED) is 0.881. The molecule has 1 heterocycles. The molecule has 2 aromatic rings. The Kier molecular flexibility index (Phi) is 4.08. The first-order valence-electron chi connectivity index (χ1n) is 6.84. The topological polar surface area (TPSA) is 39.1 Å². The van der Waals surface area contributed by atoms with Crippen LogP contribution in [0.5, 0.6) is 5.75 Å². The van der Waals surface area contributed by atoms with Gasteiger partial charge in [0, 0.05) is 37.6 Å². The number of ether oxygens (including phenoxy) is 1. The van der Waals surface area contributed by atoms with E-state index in [0.29, 0.717) is 12.6 Å². The van der Waals surface area contributed by atoms with Crippen molar-refractivity contribution in [2.45, 2.75) is 32.0 Å². The van der Waals surface area contributed by atoms with Crippen molar-refractivity contribution >= 4 is 15.9 Å². The van der Waals surface area contributed by atoms with Gasteiger partial charge in [0.1, 0.15) is 18.2 Å². The molecule has 1 aliphatic rings. The third-order valence-corrected chi connectivity index (χ3v) is 4.10. The molecule has 1 N–H and O–H groups in total. The summed E-state index contributed by atoms with van der Waals surface area (Å²) in [5, 5.41) is 3.52. The average Bonchev–Trinajstić information content (AvgIpc) is 3.18. The Morgan fingerprint density at radius 1 is 1.45 bits per heavy atom. The summed E-state index contributed by atoms with van der Waals surface area (Å²) >= 11 is 3.57. The third kappa shape index (κ3) is 3.22. The Labute approximate surface area is 127 Å². The lowest BCUT2D eigenvalue weighted by Gasteiger charge is -2.13. The van der Waals surface area contributed by atoms with Gasteiger partial charge in [-0.05, 0) is 34.8 Å². The predicted octanol–water partition coefficient (Wildman–Crippen LogP) is 3.01. The molecule has 0 atom stereocenters. The highest BCUT2D eigenvalue weighted by Gasteiger charge is 2.21. The molecule has 5 heteroatoms. The zero-order valence-corrected chi connectivity index (χ0v) is 13.1. The zero-order valence-electron chi connectivity index (χ0n) is 11.5. The molecular weight excluding hydrogens is 318 g/mol. The number of nitrogens with one attached hydrogen (secondary N) is 1. The number of rotatable bonds is 6. The molecule has 1 saturated carbocycles. The van der Waals surface area contributed by atoms with Gasteiger partial charge >= 0.3 is 0 Å². The van der Waals surface area contributed by atoms with Crippen LogP contribution in [0.4, 0.5) is 0 Å². The molecule has 1 aromatic heterocycles. The molecule has 1 fully saturated rings. The standard InChI is InChI=1S/C15H18BrN3O/c1-19-8-7-17-14(19)10-20-15-11(3-2-4-13(15)16)9-18-12-5-6-12/h2-4,7-8,12,18H,5-6,9-10H2,1H3. The van der Waals surface area contributed by atoms with Crippen LogP contribution >= 0.6 is 15.9 Å². The SMILES string of the molecule is Cn1ccnc1COc1c(Br)cccc1CNC1CC1. The third-order valence-electron chi connectivity index (χ3n) is 3.47. The number of halogens is 1. The summed E-state index contributed by atoms with van der Waals surface area (Å²) in [7, 11) is 1.97. The second-order valence-electron chi connectivity index (χ2n) is 5.13. The molecule has 106 valence electrons. The van der Waals surface area contributed by atoms with E-state index in [1.165, 1.54) is 18.4 Å². The van der Waals surface area contributed by atoms with Gasteiger partial charge in [0.05, 0.1) is 4.47 Å². The Morgan fingerprint density at radius 3 is 3.00 bits per heavy atom. The normalized spacial score (nSPS) is 14.5. The van der Waals surface area contributed by atoms with Crippen LogP contribution in [0, 0.1) is 0 Å². The van der Waals surface area contributed by atoms with Gasteiger partial charge in [0.15, 0.2) is 0 Å². The minimum Gasteiger partial charge on any atom is -0.484 e. The molecule has 0 aliphatic heterocycles. The molecule has 0 radical (unpaired) electrons. The number of imidazole rings is 1. The molecule has 1 aliphatic carbocycles. The molecule has 4 nitrogen and oxygen atoms in total. The van der Waals surface area contributed by atoms with Crippen LogP contribution in [0.25, 0.3) is 0 Å². The molecule has 3 rings (SSSR count). The lowest BCUT2D eigenvalue weighted by molar-refractivity contribution is 0.286. The minimum atomic E-state index is 0.475. The van der Waals surface area contributed by atoms with E-state index in [1.807, 2.05) is 29.9 Å². The fraction of sp³-hybridized carbons (Fsp3) is 0.400. The average molecular weight is 336 g/mol. The van der Waals surface area contributed by atoms with E-state index in [1.54, 1.807) is 6.20 Å². The largest absolute Gasteiger partial charge is 0.484 e. The van der Waals surface area contributed by atoms with Gasteiger partial charge in [-0.1, -0.05) is 12.1 Å². The van der Waals surface area contributed by atoms with Crippen molar-refractivity contribution in [3.63, 3.8) is 0 Å². The Hall–Kier alpha value is -1.33. The van der Waals surface area contributed by atoms with Crippen LogP contribution in [0.15, 0.2) is 35.1 Å². The number of aryl methyl sites for hydroxylation is 1. The van der Waals surface area contributed by atoms with E-state index in [2.05, 4.69) is 32.3 Å². The maximum atomic E-state index is 5.98. The van der Waals surface area contributed by atoms with Crippen LogP contribution in [0.1, 0.15) is 24.2 Å². The number of nitrogens with zero attached hydrogens (tertiary/aromatic N) is 2. The van der Waals surface area contributed by atoms with Gasteiger partial charge in [-0.15, -0.1) is 0 Å². The molecule has 0 saturated heterocycles. The molecule has 0 bridgehead atoms. The fourth-order valence-electron chi connectivity index (χ4n) is 2.07. The highest BCUT2D eigenvalue weighted by molar-refractivity contribution is 9.10. The smallest absolute Gasteiger partial charge is 0.146 e. The summed E-state index contributed by atoms with van der Waals surface area (Å²) in [5.41, 5.74) is 1.18. The summed E-state index contributed by atoms with van der Waals surface area (Å²) in [5.74, 6) is 1.82. The first-order chi connectivity index (χ1) is 9.74. The Balaban J connectivity index is 1.71. The molecule has 20 heavy (non-hydrogen) atoms. The Bertz CT molecular complexity index is 593. The van der Waals surface area contributed by atoms with Gasteiger partial charge < -0.3 is 14.6 Å². The number of hydrogen-bond acceptors (Lipinski definition) is 3. The summed E-state index contributed by atoms with van der Waals surface area (Å²) in [6.45, 7) is 1.32. The highest BCUT2D eigenvalue weighted by Crippen LogP contribution is 2.30. The molecule has 0 amide bonds. The van der Waals surface area contributed by atoms with Gasteiger partial charge in [-0.3, -0.25) is 0 Å². The van der Waals surface area contributed by atoms with Crippen molar-refractivity contribution in [3.8, 4) is 5.75 Å². The van der Waals surface area contributed by atoms with Gasteiger partial charge in [0.25, 0.3) is 0 Å². The van der Waals surface area contributed by atoms with Gasteiger partial charge in [0.2, 0.25) is 0 Å². The van der Waals surface area contributed by atoms with E-state index in [9.17, 15) is 0 Å². The summed E-state index contributed by atoms with van der Waals surface area (Å²) < 4.78 is 8.93. The molecule has 1 aromatic carbocycles. The van der Waals surface area contributed by atoms with Gasteiger partial charge in [-0.25, -0.2) is 4.98 Å². The van der Waals surface area contributed by atoms with Crippen molar-refractivity contribution in [3.05, 3.63) is 46.5 Å². The van der Waals surface area contributed by atoms with Crippen LogP contribution in [0.2, 0.25) is 0 Å². The highest BCUT2D eigenvalue weighted by atomic mass is 79.9. The van der Waals surface area contributed by atoms with Crippen LogP contribution < -0.4 is 10.1 Å². The van der Waals surface area contributed by atoms with E-state index >= 15 is 0 Å². The van der Waals surface area contributed by atoms with Crippen molar-refractivity contribution in [1.29, 1.82) is 0 Å². The van der Waals surface area contributed by atoms with E-state index < -0.39 is 0 Å². The summed E-state index contributed by atoms with van der Waals surface area (Å²) in [6.07, 6.45) is 6.29. The van der Waals surface area contributed by atoms with Crippen molar-refractivity contribution in [2.24, 2.45) is 7.05 Å². The summed E-state index contributed by atoms with van der Waals surface area (Å²) in [6, 6.07) is 6.85. The lowest BCUT2D eigenvalue weighted by Crippen LogP contribution is -2.16. The van der Waals surface area contributed by atoms with Crippen molar-refractivity contribution in [1.82, 2.24) is 14.9 Å². The van der Waals surface area contributed by atoms with E-state index in [4.69, 9.17) is 4.74 Å². The fourth-order valence-corrected chi connectivity index (χ4v) is 2.59. The zero-order chi connectivity index (χ0) is 13.9. The van der Waals surface area contributed by atoms with E-state index in [0.717, 1.165) is 22.6 Å². The maximum absolute atomic E-state index is 5.98. The number of aromatic nitrogens is 2. The lowest BCUT2D eigenvalue weighted by atomic mass is 10.2. The minimum absolute atomic E-state index is 0.475. The van der Waals surface area contributed by atoms with Crippen LogP contribution in [-0.2, 0) is 20.2 Å². The molecule has 0 unspecified atom stereocenters. The predicted molar refractivity (Wildman–Crippen MR) is 81.5 cm³/mol. The summed E-state index contributed by atoms with van der Waals surface area (Å²) in [4.78, 5) is 4.28. The second kappa shape index (κ2) is 5.97. The molecular formula is C15H18BrN3O. The number of hydrogen-bond donors (Lipinski definition) is 1. The van der Waals surface area contributed by atoms with Crippen LogP contribution in [-0.4, -0.2) is 15.6 Å². The molecule has 0 spiro atoms.